The summed E-state index contributed by atoms with van der Waals surface area (Å²) in [7, 11) is 1.96. The molecule has 0 saturated carbocycles. The Morgan fingerprint density at radius 3 is 2.76 bits per heavy atom. The highest BCUT2D eigenvalue weighted by Gasteiger charge is 2.15. The fourth-order valence-electron chi connectivity index (χ4n) is 2.62. The van der Waals surface area contributed by atoms with Gasteiger partial charge in [-0.3, -0.25) is 0 Å². The SMILES string of the molecule is CNCCc1nc2ccccc2n1Cc1c(C)noc1C. The number of nitrogens with zero attached hydrogens (tertiary/aromatic N) is 3. The van der Waals surface area contributed by atoms with Crippen molar-refractivity contribution in [2.75, 3.05) is 13.6 Å². The Hall–Kier alpha value is -2.14. The standard InChI is InChI=1S/C16H20N4O/c1-11-13(12(2)21-19-11)10-20-15-7-5-4-6-14(15)18-16(20)8-9-17-3/h4-7,17H,8-10H2,1-3H3. The molecule has 3 rings (SSSR count). The molecule has 21 heavy (non-hydrogen) atoms. The van der Waals surface area contributed by atoms with Gasteiger partial charge < -0.3 is 14.4 Å². The van der Waals surface area contributed by atoms with Gasteiger partial charge in [0, 0.05) is 18.5 Å². The highest BCUT2D eigenvalue weighted by atomic mass is 16.5. The van der Waals surface area contributed by atoms with Gasteiger partial charge in [0.1, 0.15) is 11.6 Å². The molecule has 5 heteroatoms. The first-order chi connectivity index (χ1) is 10.2. The van der Waals surface area contributed by atoms with Gasteiger partial charge in [-0.05, 0) is 33.0 Å². The van der Waals surface area contributed by atoms with Crippen molar-refractivity contribution >= 4 is 11.0 Å². The van der Waals surface area contributed by atoms with Crippen LogP contribution in [-0.2, 0) is 13.0 Å². The van der Waals surface area contributed by atoms with Crippen molar-refractivity contribution in [3.63, 3.8) is 0 Å². The van der Waals surface area contributed by atoms with Crippen LogP contribution in [0.5, 0.6) is 0 Å². The molecule has 1 aromatic carbocycles. The molecule has 0 aliphatic rings. The van der Waals surface area contributed by atoms with Gasteiger partial charge in [0.2, 0.25) is 0 Å². The predicted molar refractivity (Wildman–Crippen MR) is 82.4 cm³/mol. The average molecular weight is 284 g/mol. The first kappa shape index (κ1) is 13.8. The Bertz CT molecular complexity index is 737. The van der Waals surface area contributed by atoms with E-state index in [-0.39, 0.29) is 0 Å². The zero-order valence-corrected chi connectivity index (χ0v) is 12.7. The number of hydrogen-bond acceptors (Lipinski definition) is 4. The zero-order valence-electron chi connectivity index (χ0n) is 12.7. The topological polar surface area (TPSA) is 55.9 Å². The summed E-state index contributed by atoms with van der Waals surface area (Å²) < 4.78 is 7.54. The summed E-state index contributed by atoms with van der Waals surface area (Å²) >= 11 is 0. The van der Waals surface area contributed by atoms with Crippen molar-refractivity contribution in [2.24, 2.45) is 0 Å². The summed E-state index contributed by atoms with van der Waals surface area (Å²) in [6.07, 6.45) is 0.897. The van der Waals surface area contributed by atoms with Gasteiger partial charge >= 0.3 is 0 Å². The van der Waals surface area contributed by atoms with Crippen LogP contribution in [0.3, 0.4) is 0 Å². The van der Waals surface area contributed by atoms with Crippen LogP contribution in [0.1, 0.15) is 22.8 Å². The molecule has 0 amide bonds. The molecular weight excluding hydrogens is 264 g/mol. The second kappa shape index (κ2) is 5.69. The lowest BCUT2D eigenvalue weighted by Gasteiger charge is -2.09. The Kier molecular flexibility index (Phi) is 3.75. The highest BCUT2D eigenvalue weighted by molar-refractivity contribution is 5.76. The monoisotopic (exact) mass is 284 g/mol. The number of aromatic nitrogens is 3. The van der Waals surface area contributed by atoms with Gasteiger partial charge in [-0.15, -0.1) is 0 Å². The van der Waals surface area contributed by atoms with Crippen LogP contribution in [0.4, 0.5) is 0 Å². The molecule has 0 radical (unpaired) electrons. The number of aryl methyl sites for hydroxylation is 2. The third-order valence-electron chi connectivity index (χ3n) is 3.83. The fourth-order valence-corrected chi connectivity index (χ4v) is 2.62. The lowest BCUT2D eigenvalue weighted by Crippen LogP contribution is -2.15. The van der Waals surface area contributed by atoms with Crippen molar-refractivity contribution in [3.8, 4) is 0 Å². The Labute approximate surface area is 124 Å². The number of para-hydroxylation sites is 2. The average Bonchev–Trinajstić information content (AvgIpc) is 3.00. The maximum absolute atomic E-state index is 5.28. The van der Waals surface area contributed by atoms with Gasteiger partial charge in [-0.1, -0.05) is 17.3 Å². The molecule has 0 spiro atoms. The summed E-state index contributed by atoms with van der Waals surface area (Å²) in [4.78, 5) is 4.76. The molecule has 0 bridgehead atoms. The predicted octanol–water partition coefficient (Wildman–Crippen LogP) is 2.45. The Morgan fingerprint density at radius 1 is 1.24 bits per heavy atom. The molecule has 110 valence electrons. The van der Waals surface area contributed by atoms with Gasteiger partial charge in [0.25, 0.3) is 0 Å². The van der Waals surface area contributed by atoms with Gasteiger partial charge in [0.05, 0.1) is 23.3 Å². The molecule has 2 heterocycles. The summed E-state index contributed by atoms with van der Waals surface area (Å²) in [5, 5.41) is 7.23. The van der Waals surface area contributed by atoms with E-state index in [1.54, 1.807) is 0 Å². The van der Waals surface area contributed by atoms with Crippen LogP contribution in [-0.4, -0.2) is 28.3 Å². The molecule has 0 unspecified atom stereocenters. The van der Waals surface area contributed by atoms with E-state index in [1.165, 1.54) is 0 Å². The van der Waals surface area contributed by atoms with E-state index in [4.69, 9.17) is 9.51 Å². The fraction of sp³-hybridized carbons (Fsp3) is 0.375. The summed E-state index contributed by atoms with van der Waals surface area (Å²) in [5.41, 5.74) is 4.28. The van der Waals surface area contributed by atoms with Gasteiger partial charge in [0.15, 0.2) is 0 Å². The first-order valence-electron chi connectivity index (χ1n) is 7.21. The Balaban J connectivity index is 2.06. The number of hydrogen-bond donors (Lipinski definition) is 1. The third kappa shape index (κ3) is 2.56. The minimum absolute atomic E-state index is 0.751. The lowest BCUT2D eigenvalue weighted by atomic mass is 10.2. The zero-order chi connectivity index (χ0) is 14.8. The summed E-state index contributed by atoms with van der Waals surface area (Å²) in [6, 6.07) is 8.25. The van der Waals surface area contributed by atoms with E-state index in [0.29, 0.717) is 0 Å². The largest absolute Gasteiger partial charge is 0.361 e. The van der Waals surface area contributed by atoms with E-state index in [9.17, 15) is 0 Å². The second-order valence-corrected chi connectivity index (χ2v) is 5.26. The van der Waals surface area contributed by atoms with E-state index < -0.39 is 0 Å². The van der Waals surface area contributed by atoms with Crippen LogP contribution in [0, 0.1) is 13.8 Å². The lowest BCUT2D eigenvalue weighted by molar-refractivity contribution is 0.392. The van der Waals surface area contributed by atoms with Crippen molar-refractivity contribution in [3.05, 3.63) is 47.1 Å². The number of likely N-dealkylation sites (N-methyl/N-ethyl adjacent to an activating group) is 1. The van der Waals surface area contributed by atoms with Crippen molar-refractivity contribution in [2.45, 2.75) is 26.8 Å². The van der Waals surface area contributed by atoms with Crippen LogP contribution in [0.25, 0.3) is 11.0 Å². The number of imidazole rings is 1. The molecular formula is C16H20N4O. The second-order valence-electron chi connectivity index (χ2n) is 5.26. The maximum Gasteiger partial charge on any atom is 0.138 e. The molecule has 0 aliphatic carbocycles. The van der Waals surface area contributed by atoms with Gasteiger partial charge in [-0.2, -0.15) is 0 Å². The van der Waals surface area contributed by atoms with Crippen LogP contribution in [0.2, 0.25) is 0 Å². The minimum atomic E-state index is 0.751. The third-order valence-corrected chi connectivity index (χ3v) is 3.83. The van der Waals surface area contributed by atoms with Crippen molar-refractivity contribution < 1.29 is 4.52 Å². The molecule has 0 fully saturated rings. The number of nitrogens with one attached hydrogen (secondary N) is 1. The maximum atomic E-state index is 5.28. The van der Waals surface area contributed by atoms with Gasteiger partial charge in [-0.25, -0.2) is 4.98 Å². The highest BCUT2D eigenvalue weighted by Crippen LogP contribution is 2.21. The van der Waals surface area contributed by atoms with Crippen molar-refractivity contribution in [1.29, 1.82) is 0 Å². The van der Waals surface area contributed by atoms with Crippen LogP contribution >= 0.6 is 0 Å². The Morgan fingerprint density at radius 2 is 2.05 bits per heavy atom. The molecule has 3 aromatic rings. The van der Waals surface area contributed by atoms with Crippen molar-refractivity contribution in [1.82, 2.24) is 20.0 Å². The molecule has 0 aliphatic heterocycles. The smallest absolute Gasteiger partial charge is 0.138 e. The van der Waals surface area contributed by atoms with Crippen LogP contribution in [0.15, 0.2) is 28.8 Å². The minimum Gasteiger partial charge on any atom is -0.361 e. The van der Waals surface area contributed by atoms with E-state index in [2.05, 4.69) is 33.2 Å². The molecule has 0 saturated heterocycles. The number of fused-ring (bicyclic) bond motifs is 1. The first-order valence-corrected chi connectivity index (χ1v) is 7.21. The van der Waals surface area contributed by atoms with E-state index >= 15 is 0 Å². The molecule has 5 nitrogen and oxygen atoms in total. The summed E-state index contributed by atoms with van der Waals surface area (Å²) in [5.74, 6) is 1.97. The van der Waals surface area contributed by atoms with E-state index in [1.807, 2.05) is 27.0 Å². The molecule has 2 aromatic heterocycles. The quantitative estimate of drug-likeness (QED) is 0.782. The summed E-state index contributed by atoms with van der Waals surface area (Å²) in [6.45, 7) is 5.60. The normalized spacial score (nSPS) is 11.4. The molecule has 0 atom stereocenters. The number of rotatable bonds is 5. The molecule has 1 N–H and O–H groups in total. The van der Waals surface area contributed by atoms with E-state index in [0.717, 1.165) is 53.4 Å². The number of benzene rings is 1. The van der Waals surface area contributed by atoms with Crippen LogP contribution < -0.4 is 5.32 Å².